The van der Waals surface area contributed by atoms with E-state index < -0.39 is 18.9 Å². The van der Waals surface area contributed by atoms with Crippen LogP contribution in [0.2, 0.25) is 19.6 Å². The van der Waals surface area contributed by atoms with Crippen LogP contribution in [0.3, 0.4) is 0 Å². The van der Waals surface area contributed by atoms with Gasteiger partial charge in [-0.1, -0.05) is 33.5 Å². The predicted octanol–water partition coefficient (Wildman–Crippen LogP) is 3.24. The van der Waals surface area contributed by atoms with E-state index in [1.807, 2.05) is 11.8 Å². The molecule has 1 saturated heterocycles. The fourth-order valence-electron chi connectivity index (χ4n) is 1.90. The second-order valence-corrected chi connectivity index (χ2v) is 16.0. The highest BCUT2D eigenvalue weighted by molar-refractivity contribution is 8.16. The summed E-state index contributed by atoms with van der Waals surface area (Å²) < 4.78 is 12.4. The van der Waals surface area contributed by atoms with Crippen molar-refractivity contribution in [3.63, 3.8) is 0 Å². The van der Waals surface area contributed by atoms with Gasteiger partial charge in [-0.25, -0.2) is 0 Å². The Hall–Kier alpha value is 0.717. The summed E-state index contributed by atoms with van der Waals surface area (Å²) in [4.78, 5) is 0. The molecule has 14 heavy (non-hydrogen) atoms. The molecule has 1 fully saturated rings. The molecular formula is C10H22OS2Si. The largest absolute Gasteiger partial charge is 0.258 e. The van der Waals surface area contributed by atoms with Crippen LogP contribution >= 0.6 is 11.8 Å². The van der Waals surface area contributed by atoms with Gasteiger partial charge in [0.05, 0.1) is 11.8 Å². The Morgan fingerprint density at radius 2 is 1.86 bits per heavy atom. The lowest BCUT2D eigenvalue weighted by Gasteiger charge is -2.46. The van der Waals surface area contributed by atoms with E-state index >= 15 is 0 Å². The van der Waals surface area contributed by atoms with Crippen molar-refractivity contribution < 1.29 is 4.21 Å². The average Bonchev–Trinajstić information content (AvgIpc) is 1.97. The highest BCUT2D eigenvalue weighted by Crippen LogP contribution is 2.47. The fraction of sp³-hybridized carbons (Fsp3) is 1.00. The zero-order chi connectivity index (χ0) is 11.1. The maximum absolute atomic E-state index is 12.4. The van der Waals surface area contributed by atoms with Crippen LogP contribution < -0.4 is 0 Å². The molecule has 0 bridgehead atoms. The standard InChI is InChI=1S/C10H22OS2Si/c1-8-7-9(2)13(11)10(3,12-8)14(4,5)6/h8-9H,7H2,1-6H3/t8-,9+,10-,13?/m0/s1. The molecule has 0 radical (unpaired) electrons. The molecule has 0 aromatic carbocycles. The molecule has 1 rings (SSSR count). The maximum atomic E-state index is 12.4. The third-order valence-electron chi connectivity index (χ3n) is 3.20. The van der Waals surface area contributed by atoms with Gasteiger partial charge in [0.15, 0.2) is 0 Å². The van der Waals surface area contributed by atoms with E-state index in [0.717, 1.165) is 6.42 Å². The van der Waals surface area contributed by atoms with E-state index in [9.17, 15) is 4.21 Å². The molecule has 0 aromatic rings. The summed E-state index contributed by atoms with van der Waals surface area (Å²) in [5.74, 6) is 0. The van der Waals surface area contributed by atoms with Gasteiger partial charge in [0.1, 0.15) is 0 Å². The molecule has 1 aliphatic rings. The van der Waals surface area contributed by atoms with E-state index in [1.54, 1.807) is 0 Å². The summed E-state index contributed by atoms with van der Waals surface area (Å²) in [5.41, 5.74) is 0. The van der Waals surface area contributed by atoms with Gasteiger partial charge in [0, 0.05) is 21.3 Å². The summed E-state index contributed by atoms with van der Waals surface area (Å²) in [6.45, 7) is 13.7. The third-order valence-corrected chi connectivity index (χ3v) is 14.1. The quantitative estimate of drug-likeness (QED) is 0.665. The summed E-state index contributed by atoms with van der Waals surface area (Å²) in [5, 5.41) is 1.04. The van der Waals surface area contributed by atoms with Gasteiger partial charge in [-0.3, -0.25) is 4.21 Å². The maximum Gasteiger partial charge on any atom is 0.0792 e. The molecule has 1 heterocycles. The summed E-state index contributed by atoms with van der Waals surface area (Å²) in [7, 11) is -2.02. The van der Waals surface area contributed by atoms with Crippen LogP contribution in [0.5, 0.6) is 0 Å². The highest BCUT2D eigenvalue weighted by Gasteiger charge is 2.50. The first-order valence-electron chi connectivity index (χ1n) is 5.27. The lowest BCUT2D eigenvalue weighted by molar-refractivity contribution is 0.652. The average molecular weight is 251 g/mol. The van der Waals surface area contributed by atoms with Crippen molar-refractivity contribution in [2.24, 2.45) is 0 Å². The fourth-order valence-corrected chi connectivity index (χ4v) is 10.8. The number of hydrogen-bond donors (Lipinski definition) is 0. The van der Waals surface area contributed by atoms with Gasteiger partial charge < -0.3 is 0 Å². The van der Waals surface area contributed by atoms with Gasteiger partial charge in [-0.15, -0.1) is 11.8 Å². The van der Waals surface area contributed by atoms with E-state index in [0.29, 0.717) is 10.5 Å². The number of hydrogen-bond acceptors (Lipinski definition) is 2. The molecule has 0 spiro atoms. The van der Waals surface area contributed by atoms with Gasteiger partial charge >= 0.3 is 0 Å². The summed E-state index contributed by atoms with van der Waals surface area (Å²) in [6, 6.07) is 0. The minimum Gasteiger partial charge on any atom is -0.258 e. The minimum absolute atomic E-state index is 0.0457. The van der Waals surface area contributed by atoms with Crippen LogP contribution in [-0.2, 0) is 10.8 Å². The topological polar surface area (TPSA) is 17.1 Å². The van der Waals surface area contributed by atoms with Crippen LogP contribution in [0.15, 0.2) is 0 Å². The van der Waals surface area contributed by atoms with Crippen molar-refractivity contribution in [3.05, 3.63) is 0 Å². The smallest absolute Gasteiger partial charge is 0.0792 e. The lowest BCUT2D eigenvalue weighted by Crippen LogP contribution is -2.55. The first kappa shape index (κ1) is 12.8. The zero-order valence-electron chi connectivity index (χ0n) is 10.1. The van der Waals surface area contributed by atoms with Crippen molar-refractivity contribution in [1.82, 2.24) is 0 Å². The number of rotatable bonds is 1. The Bertz CT molecular complexity index is 249. The Balaban J connectivity index is 3.01. The second kappa shape index (κ2) is 3.94. The summed E-state index contributed by atoms with van der Waals surface area (Å²) >= 11 is 1.97. The molecule has 1 nitrogen and oxygen atoms in total. The first-order valence-corrected chi connectivity index (χ1v) is 10.9. The van der Waals surface area contributed by atoms with Crippen molar-refractivity contribution in [1.29, 1.82) is 0 Å². The van der Waals surface area contributed by atoms with E-state index in [4.69, 9.17) is 0 Å². The Morgan fingerprint density at radius 3 is 2.29 bits per heavy atom. The molecule has 84 valence electrons. The molecule has 0 aromatic heterocycles. The molecule has 4 atom stereocenters. The molecule has 0 amide bonds. The van der Waals surface area contributed by atoms with Crippen LogP contribution in [0.1, 0.15) is 27.2 Å². The predicted molar refractivity (Wildman–Crippen MR) is 71.0 cm³/mol. The van der Waals surface area contributed by atoms with Crippen molar-refractivity contribution >= 4 is 30.6 Å². The summed E-state index contributed by atoms with van der Waals surface area (Å²) in [6.07, 6.45) is 1.11. The molecule has 0 saturated carbocycles. The molecule has 1 unspecified atom stereocenters. The van der Waals surface area contributed by atoms with Gasteiger partial charge in [0.25, 0.3) is 0 Å². The Labute approximate surface area is 95.9 Å². The van der Waals surface area contributed by atoms with Crippen LogP contribution in [0.25, 0.3) is 0 Å². The minimum atomic E-state index is -1.36. The molecule has 4 heteroatoms. The van der Waals surface area contributed by atoms with Crippen molar-refractivity contribution in [2.45, 2.75) is 61.0 Å². The second-order valence-electron chi connectivity index (χ2n) is 5.47. The van der Waals surface area contributed by atoms with Crippen molar-refractivity contribution in [3.8, 4) is 0 Å². The van der Waals surface area contributed by atoms with Gasteiger partial charge in [0.2, 0.25) is 0 Å². The zero-order valence-corrected chi connectivity index (χ0v) is 12.7. The van der Waals surface area contributed by atoms with E-state index in [1.165, 1.54) is 0 Å². The first-order chi connectivity index (χ1) is 6.18. The van der Waals surface area contributed by atoms with Gasteiger partial charge in [-0.2, -0.15) is 0 Å². The monoisotopic (exact) mass is 250 g/mol. The van der Waals surface area contributed by atoms with Crippen molar-refractivity contribution in [2.75, 3.05) is 0 Å². The molecule has 0 N–H and O–H groups in total. The van der Waals surface area contributed by atoms with Gasteiger partial charge in [-0.05, 0) is 13.3 Å². The third kappa shape index (κ3) is 2.12. The number of thioether (sulfide) groups is 1. The normalized spacial score (nSPS) is 45.1. The Kier molecular flexibility index (Phi) is 3.60. The molecule has 1 aliphatic heterocycles. The Morgan fingerprint density at radius 1 is 1.36 bits per heavy atom. The SMILES string of the molecule is C[C@@H]1C[C@H](C)S[C@](C)([Si](C)(C)C)S1=O. The molecule has 0 aliphatic carbocycles. The van der Waals surface area contributed by atoms with E-state index in [2.05, 4.69) is 40.4 Å². The molecular weight excluding hydrogens is 228 g/mol. The lowest BCUT2D eigenvalue weighted by atomic mass is 10.3. The van der Waals surface area contributed by atoms with Crippen LogP contribution in [0.4, 0.5) is 0 Å². The van der Waals surface area contributed by atoms with E-state index in [-0.39, 0.29) is 3.70 Å². The van der Waals surface area contributed by atoms with Crippen LogP contribution in [-0.4, -0.2) is 26.5 Å². The highest BCUT2D eigenvalue weighted by atomic mass is 32.2. The van der Waals surface area contributed by atoms with Crippen LogP contribution in [0, 0.1) is 0 Å².